The van der Waals surface area contributed by atoms with E-state index >= 15 is 0 Å². The molecule has 1 aliphatic heterocycles. The first-order valence-corrected chi connectivity index (χ1v) is 6.53. The molecule has 1 atom stereocenters. The summed E-state index contributed by atoms with van der Waals surface area (Å²) < 4.78 is 36.2. The van der Waals surface area contributed by atoms with Crippen LogP contribution in [-0.2, 0) is 4.79 Å². The Morgan fingerprint density at radius 3 is 2.55 bits per heavy atom. The van der Waals surface area contributed by atoms with Gasteiger partial charge in [-0.15, -0.1) is 0 Å². The summed E-state index contributed by atoms with van der Waals surface area (Å²) in [6.07, 6.45) is -2.50. The van der Waals surface area contributed by atoms with Gasteiger partial charge in [-0.25, -0.2) is 4.79 Å². The lowest BCUT2D eigenvalue weighted by molar-refractivity contribution is -0.152. The standard InChI is InChI=1S/C12H19F3N2O3/c1-2-4-11(9(18)19)5-3-6-17(8-11)10(20)16-7-12(13,14)15/h2-8H2,1H3,(H,16,20)(H,18,19). The van der Waals surface area contributed by atoms with Crippen LogP contribution < -0.4 is 5.32 Å². The second kappa shape index (κ2) is 6.32. The van der Waals surface area contributed by atoms with Gasteiger partial charge in [0.1, 0.15) is 6.54 Å². The first kappa shape index (κ1) is 16.6. The first-order chi connectivity index (χ1) is 9.20. The van der Waals surface area contributed by atoms with E-state index in [1.54, 1.807) is 5.32 Å². The van der Waals surface area contributed by atoms with Gasteiger partial charge in [0, 0.05) is 13.1 Å². The van der Waals surface area contributed by atoms with E-state index in [0.717, 1.165) is 0 Å². The maximum Gasteiger partial charge on any atom is 0.405 e. The number of carboxylic acids is 1. The SMILES string of the molecule is CCCC1(C(=O)O)CCCN(C(=O)NCC(F)(F)F)C1. The highest BCUT2D eigenvalue weighted by Crippen LogP contribution is 2.35. The molecular formula is C12H19F3N2O3. The number of carbonyl (C=O) groups is 2. The second-order valence-corrected chi connectivity index (χ2v) is 5.13. The van der Waals surface area contributed by atoms with Crippen LogP contribution in [-0.4, -0.2) is 47.8 Å². The molecule has 1 unspecified atom stereocenters. The van der Waals surface area contributed by atoms with Gasteiger partial charge in [0.05, 0.1) is 5.41 Å². The van der Waals surface area contributed by atoms with Gasteiger partial charge in [-0.2, -0.15) is 13.2 Å². The van der Waals surface area contributed by atoms with Crippen molar-refractivity contribution in [3.05, 3.63) is 0 Å². The Bertz CT molecular complexity index is 369. The average Bonchev–Trinajstić information content (AvgIpc) is 2.35. The van der Waals surface area contributed by atoms with E-state index < -0.39 is 30.1 Å². The monoisotopic (exact) mass is 296 g/mol. The Hall–Kier alpha value is -1.47. The van der Waals surface area contributed by atoms with Crippen molar-refractivity contribution in [3.63, 3.8) is 0 Å². The highest BCUT2D eigenvalue weighted by atomic mass is 19.4. The van der Waals surface area contributed by atoms with Crippen LogP contribution in [0.2, 0.25) is 0 Å². The van der Waals surface area contributed by atoms with Crippen LogP contribution >= 0.6 is 0 Å². The Morgan fingerprint density at radius 1 is 1.40 bits per heavy atom. The van der Waals surface area contributed by atoms with E-state index in [4.69, 9.17) is 0 Å². The van der Waals surface area contributed by atoms with Crippen molar-refractivity contribution in [2.75, 3.05) is 19.6 Å². The number of nitrogens with zero attached hydrogens (tertiary/aromatic N) is 1. The van der Waals surface area contributed by atoms with Crippen molar-refractivity contribution < 1.29 is 27.9 Å². The van der Waals surface area contributed by atoms with Crippen LogP contribution in [0.3, 0.4) is 0 Å². The quantitative estimate of drug-likeness (QED) is 0.835. The summed E-state index contributed by atoms with van der Waals surface area (Å²) in [5.74, 6) is -0.993. The summed E-state index contributed by atoms with van der Waals surface area (Å²) in [5, 5.41) is 11.1. The number of halogens is 3. The van der Waals surface area contributed by atoms with Crippen LogP contribution in [0, 0.1) is 5.41 Å². The van der Waals surface area contributed by atoms with Crippen LogP contribution in [0.4, 0.5) is 18.0 Å². The Labute approximate surface area is 115 Å². The maximum absolute atomic E-state index is 12.1. The van der Waals surface area contributed by atoms with E-state index in [1.807, 2.05) is 6.92 Å². The summed E-state index contributed by atoms with van der Waals surface area (Å²) in [5.41, 5.74) is -1.04. The number of rotatable bonds is 4. The van der Waals surface area contributed by atoms with Gasteiger partial charge in [0.2, 0.25) is 0 Å². The fourth-order valence-corrected chi connectivity index (χ4v) is 2.56. The van der Waals surface area contributed by atoms with Crippen molar-refractivity contribution in [3.8, 4) is 0 Å². The van der Waals surface area contributed by atoms with E-state index in [1.165, 1.54) is 4.90 Å². The molecule has 8 heteroatoms. The fourth-order valence-electron chi connectivity index (χ4n) is 2.56. The minimum Gasteiger partial charge on any atom is -0.481 e. The molecule has 2 amide bonds. The van der Waals surface area contributed by atoms with Crippen molar-refractivity contribution in [2.24, 2.45) is 5.41 Å². The molecule has 0 aromatic rings. The number of aliphatic carboxylic acids is 1. The smallest absolute Gasteiger partial charge is 0.405 e. The minimum atomic E-state index is -4.47. The third-order valence-corrected chi connectivity index (χ3v) is 3.49. The van der Waals surface area contributed by atoms with Crippen LogP contribution in [0.5, 0.6) is 0 Å². The largest absolute Gasteiger partial charge is 0.481 e. The normalized spacial score (nSPS) is 23.5. The molecule has 0 spiro atoms. The third-order valence-electron chi connectivity index (χ3n) is 3.49. The van der Waals surface area contributed by atoms with Gasteiger partial charge in [0.15, 0.2) is 0 Å². The van der Waals surface area contributed by atoms with Crippen molar-refractivity contribution in [1.29, 1.82) is 0 Å². The highest BCUT2D eigenvalue weighted by Gasteiger charge is 2.43. The van der Waals surface area contributed by atoms with Gasteiger partial charge in [-0.05, 0) is 19.3 Å². The minimum absolute atomic E-state index is 0.0418. The molecule has 0 radical (unpaired) electrons. The summed E-state index contributed by atoms with van der Waals surface area (Å²) in [6.45, 7) is 0.672. The molecule has 1 rings (SSSR count). The molecule has 0 bridgehead atoms. The predicted molar refractivity (Wildman–Crippen MR) is 65.2 cm³/mol. The number of likely N-dealkylation sites (tertiary alicyclic amines) is 1. The summed E-state index contributed by atoms with van der Waals surface area (Å²) in [4.78, 5) is 24.3. The predicted octanol–water partition coefficient (Wildman–Crippen LogP) is 2.23. The van der Waals surface area contributed by atoms with Gasteiger partial charge in [-0.3, -0.25) is 4.79 Å². The Morgan fingerprint density at radius 2 is 2.05 bits per heavy atom. The zero-order valence-electron chi connectivity index (χ0n) is 11.3. The number of hydrogen-bond donors (Lipinski definition) is 2. The van der Waals surface area contributed by atoms with Gasteiger partial charge >= 0.3 is 18.2 Å². The van der Waals surface area contributed by atoms with E-state index in [2.05, 4.69) is 0 Å². The molecule has 0 aromatic heterocycles. The van der Waals surface area contributed by atoms with Crippen molar-refractivity contribution in [1.82, 2.24) is 10.2 Å². The summed E-state index contributed by atoms with van der Waals surface area (Å²) in [6, 6.07) is -0.858. The number of hydrogen-bond acceptors (Lipinski definition) is 2. The highest BCUT2D eigenvalue weighted by molar-refractivity contribution is 5.78. The third kappa shape index (κ3) is 4.28. The maximum atomic E-state index is 12.1. The molecule has 1 fully saturated rings. The van der Waals surface area contributed by atoms with Crippen LogP contribution in [0.25, 0.3) is 0 Å². The molecule has 0 aromatic carbocycles. The van der Waals surface area contributed by atoms with Gasteiger partial charge in [-0.1, -0.05) is 13.3 Å². The molecular weight excluding hydrogens is 277 g/mol. The van der Waals surface area contributed by atoms with E-state index in [0.29, 0.717) is 25.7 Å². The lowest BCUT2D eigenvalue weighted by atomic mass is 9.76. The molecule has 0 aliphatic carbocycles. The number of piperidine rings is 1. The number of urea groups is 1. The van der Waals surface area contributed by atoms with Crippen LogP contribution in [0.15, 0.2) is 0 Å². The number of amides is 2. The summed E-state index contributed by atoms with van der Waals surface area (Å²) >= 11 is 0. The van der Waals surface area contributed by atoms with E-state index in [9.17, 15) is 27.9 Å². The number of alkyl halides is 3. The zero-order valence-corrected chi connectivity index (χ0v) is 11.3. The lowest BCUT2D eigenvalue weighted by Crippen LogP contribution is -2.53. The van der Waals surface area contributed by atoms with Crippen molar-refractivity contribution >= 4 is 12.0 Å². The summed E-state index contributed by atoms with van der Waals surface area (Å²) in [7, 11) is 0. The average molecular weight is 296 g/mol. The number of nitrogens with one attached hydrogen (secondary N) is 1. The molecule has 0 saturated carbocycles. The zero-order chi connectivity index (χ0) is 15.4. The van der Waals surface area contributed by atoms with Crippen LogP contribution in [0.1, 0.15) is 32.6 Å². The molecule has 1 heterocycles. The molecule has 20 heavy (non-hydrogen) atoms. The van der Waals surface area contributed by atoms with Gasteiger partial charge in [0.25, 0.3) is 0 Å². The Balaban J connectivity index is 2.68. The molecule has 1 saturated heterocycles. The number of carbonyl (C=O) groups excluding carboxylic acids is 1. The van der Waals surface area contributed by atoms with Crippen molar-refractivity contribution in [2.45, 2.75) is 38.8 Å². The lowest BCUT2D eigenvalue weighted by Gasteiger charge is -2.39. The topological polar surface area (TPSA) is 69.6 Å². The molecule has 1 aliphatic rings. The fraction of sp³-hybridized carbons (Fsp3) is 0.833. The van der Waals surface area contributed by atoms with Gasteiger partial charge < -0.3 is 15.3 Å². The molecule has 2 N–H and O–H groups in total. The molecule has 116 valence electrons. The first-order valence-electron chi connectivity index (χ1n) is 6.53. The van der Waals surface area contributed by atoms with E-state index in [-0.39, 0.29) is 13.1 Å². The second-order valence-electron chi connectivity index (χ2n) is 5.13. The Kier molecular flexibility index (Phi) is 5.24. The number of carboxylic acid groups (broad SMARTS) is 1. The molecule has 5 nitrogen and oxygen atoms in total.